The van der Waals surface area contributed by atoms with Crippen molar-refractivity contribution in [2.75, 3.05) is 12.3 Å². The number of hydrogen-bond donors (Lipinski definition) is 1. The number of benzene rings is 2. The molecule has 134 valence electrons. The highest BCUT2D eigenvalue weighted by Crippen LogP contribution is 2.23. The van der Waals surface area contributed by atoms with Crippen molar-refractivity contribution >= 4 is 29.3 Å². The van der Waals surface area contributed by atoms with Crippen molar-refractivity contribution in [2.24, 2.45) is 0 Å². The second kappa shape index (κ2) is 9.73. The van der Waals surface area contributed by atoms with Crippen LogP contribution in [0, 0.1) is 13.8 Å². The summed E-state index contributed by atoms with van der Waals surface area (Å²) in [4.78, 5) is 13.5. The molecule has 1 atom stereocenters. The van der Waals surface area contributed by atoms with E-state index in [0.717, 1.165) is 32.5 Å². The van der Waals surface area contributed by atoms with Gasteiger partial charge >= 0.3 is 0 Å². The minimum Gasteiger partial charge on any atom is -0.480 e. The number of amides is 1. The quantitative estimate of drug-likeness (QED) is 0.518. The molecule has 1 N–H and O–H groups in total. The monoisotopic (exact) mass is 377 g/mol. The molecular formula is C20H24ClNO2S. The molecule has 0 saturated carbocycles. The van der Waals surface area contributed by atoms with Gasteiger partial charge in [0.05, 0.1) is 0 Å². The van der Waals surface area contributed by atoms with Crippen molar-refractivity contribution in [1.29, 1.82) is 0 Å². The van der Waals surface area contributed by atoms with Gasteiger partial charge in [-0.1, -0.05) is 30.7 Å². The lowest BCUT2D eigenvalue weighted by Crippen LogP contribution is -2.39. The lowest BCUT2D eigenvalue weighted by Gasteiger charge is -2.19. The third-order valence-electron chi connectivity index (χ3n) is 3.97. The zero-order chi connectivity index (χ0) is 18.2. The number of carbonyl (C=O) groups is 1. The standard InChI is InChI=1S/C20H24ClNO2S/c1-4-18(24-19-7-5-6-14(2)15(19)3)20(23)22-12-13-25-17-10-8-16(21)9-11-17/h5-11,18H,4,12-13H2,1-3H3,(H,22,23)/t18-/m1/s1. The van der Waals surface area contributed by atoms with Gasteiger partial charge in [0.1, 0.15) is 5.75 Å². The lowest BCUT2D eigenvalue weighted by molar-refractivity contribution is -0.128. The van der Waals surface area contributed by atoms with E-state index in [0.29, 0.717) is 13.0 Å². The average molecular weight is 378 g/mol. The van der Waals surface area contributed by atoms with Gasteiger partial charge in [-0.3, -0.25) is 4.79 Å². The van der Waals surface area contributed by atoms with Crippen molar-refractivity contribution in [2.45, 2.75) is 38.2 Å². The Hall–Kier alpha value is -1.65. The Morgan fingerprint density at radius 1 is 1.20 bits per heavy atom. The van der Waals surface area contributed by atoms with Gasteiger partial charge in [-0.05, 0) is 61.7 Å². The van der Waals surface area contributed by atoms with Crippen LogP contribution in [0.1, 0.15) is 24.5 Å². The van der Waals surface area contributed by atoms with Crippen molar-refractivity contribution in [3.63, 3.8) is 0 Å². The summed E-state index contributed by atoms with van der Waals surface area (Å²) < 4.78 is 5.93. The lowest BCUT2D eigenvalue weighted by atomic mass is 10.1. The van der Waals surface area contributed by atoms with Gasteiger partial charge in [-0.15, -0.1) is 11.8 Å². The van der Waals surface area contributed by atoms with Crippen LogP contribution in [0.2, 0.25) is 5.02 Å². The molecule has 1 amide bonds. The molecule has 0 saturated heterocycles. The summed E-state index contributed by atoms with van der Waals surface area (Å²) in [6.45, 7) is 6.60. The number of carbonyl (C=O) groups excluding carboxylic acids is 1. The van der Waals surface area contributed by atoms with Crippen LogP contribution in [-0.4, -0.2) is 24.3 Å². The molecule has 5 heteroatoms. The molecule has 0 spiro atoms. The van der Waals surface area contributed by atoms with Crippen LogP contribution in [0.5, 0.6) is 5.75 Å². The van der Waals surface area contributed by atoms with Crippen molar-refractivity contribution < 1.29 is 9.53 Å². The molecule has 0 radical (unpaired) electrons. The first-order chi connectivity index (χ1) is 12.0. The topological polar surface area (TPSA) is 38.3 Å². The van der Waals surface area contributed by atoms with Gasteiger partial charge < -0.3 is 10.1 Å². The maximum absolute atomic E-state index is 12.4. The van der Waals surface area contributed by atoms with Crippen LogP contribution in [-0.2, 0) is 4.79 Å². The minimum atomic E-state index is -0.471. The van der Waals surface area contributed by atoms with E-state index in [1.807, 2.05) is 63.2 Å². The van der Waals surface area contributed by atoms with E-state index < -0.39 is 6.10 Å². The molecule has 0 heterocycles. The molecule has 2 aromatic rings. The van der Waals surface area contributed by atoms with E-state index >= 15 is 0 Å². The molecule has 2 rings (SSSR count). The smallest absolute Gasteiger partial charge is 0.261 e. The van der Waals surface area contributed by atoms with Crippen molar-refractivity contribution in [3.8, 4) is 5.75 Å². The number of nitrogens with one attached hydrogen (secondary N) is 1. The maximum Gasteiger partial charge on any atom is 0.261 e. The molecule has 0 aliphatic carbocycles. The summed E-state index contributed by atoms with van der Waals surface area (Å²) >= 11 is 7.56. The summed E-state index contributed by atoms with van der Waals surface area (Å²) in [5.74, 6) is 1.51. The summed E-state index contributed by atoms with van der Waals surface area (Å²) in [7, 11) is 0. The number of thioether (sulfide) groups is 1. The van der Waals surface area contributed by atoms with Gasteiger partial charge in [0, 0.05) is 22.2 Å². The van der Waals surface area contributed by atoms with Crippen LogP contribution in [0.15, 0.2) is 47.4 Å². The fraction of sp³-hybridized carbons (Fsp3) is 0.350. The van der Waals surface area contributed by atoms with Crippen molar-refractivity contribution in [3.05, 3.63) is 58.6 Å². The summed E-state index contributed by atoms with van der Waals surface area (Å²) in [6, 6.07) is 13.6. The normalized spacial score (nSPS) is 11.8. The largest absolute Gasteiger partial charge is 0.480 e. The van der Waals surface area contributed by atoms with E-state index in [2.05, 4.69) is 5.32 Å². The molecule has 0 aliphatic heterocycles. The van der Waals surface area contributed by atoms with Crippen LogP contribution in [0.3, 0.4) is 0 Å². The Morgan fingerprint density at radius 3 is 2.60 bits per heavy atom. The molecular weight excluding hydrogens is 354 g/mol. The number of ether oxygens (including phenoxy) is 1. The first-order valence-corrected chi connectivity index (χ1v) is 9.76. The first kappa shape index (κ1) is 19.7. The highest BCUT2D eigenvalue weighted by Gasteiger charge is 2.18. The average Bonchev–Trinajstić information content (AvgIpc) is 2.61. The van der Waals surface area contributed by atoms with E-state index in [4.69, 9.17) is 16.3 Å². The Labute approximate surface area is 159 Å². The maximum atomic E-state index is 12.4. The summed E-state index contributed by atoms with van der Waals surface area (Å²) in [5.41, 5.74) is 2.24. The zero-order valence-corrected chi connectivity index (χ0v) is 16.4. The molecule has 25 heavy (non-hydrogen) atoms. The van der Waals surface area contributed by atoms with Gasteiger partial charge in [0.2, 0.25) is 0 Å². The number of hydrogen-bond acceptors (Lipinski definition) is 3. The van der Waals surface area contributed by atoms with Crippen LogP contribution in [0.4, 0.5) is 0 Å². The van der Waals surface area contributed by atoms with Gasteiger partial charge in [0.15, 0.2) is 6.10 Å². The highest BCUT2D eigenvalue weighted by molar-refractivity contribution is 7.99. The SMILES string of the molecule is CC[C@@H](Oc1cccc(C)c1C)C(=O)NCCSc1ccc(Cl)cc1. The fourth-order valence-electron chi connectivity index (χ4n) is 2.32. The molecule has 0 fully saturated rings. The second-order valence-corrected chi connectivity index (χ2v) is 7.41. The fourth-order valence-corrected chi connectivity index (χ4v) is 3.21. The number of rotatable bonds is 8. The predicted octanol–water partition coefficient (Wildman–Crippen LogP) is 5.02. The Kier molecular flexibility index (Phi) is 7.66. The molecule has 2 aromatic carbocycles. The van der Waals surface area contributed by atoms with E-state index in [9.17, 15) is 4.79 Å². The van der Waals surface area contributed by atoms with Crippen LogP contribution >= 0.6 is 23.4 Å². The molecule has 0 unspecified atom stereocenters. The highest BCUT2D eigenvalue weighted by atomic mass is 35.5. The van der Waals surface area contributed by atoms with Crippen molar-refractivity contribution in [1.82, 2.24) is 5.32 Å². The summed E-state index contributed by atoms with van der Waals surface area (Å²) in [6.07, 6.45) is 0.157. The van der Waals surface area contributed by atoms with Crippen LogP contribution < -0.4 is 10.1 Å². The third-order valence-corrected chi connectivity index (χ3v) is 5.24. The Bertz CT molecular complexity index is 703. The van der Waals surface area contributed by atoms with E-state index in [1.165, 1.54) is 0 Å². The van der Waals surface area contributed by atoms with E-state index in [-0.39, 0.29) is 5.91 Å². The predicted molar refractivity (Wildman–Crippen MR) is 106 cm³/mol. The van der Waals surface area contributed by atoms with Gasteiger partial charge in [0.25, 0.3) is 5.91 Å². The summed E-state index contributed by atoms with van der Waals surface area (Å²) in [5, 5.41) is 3.69. The molecule has 0 bridgehead atoms. The number of aryl methyl sites for hydroxylation is 1. The number of halogens is 1. The molecule has 0 aliphatic rings. The van der Waals surface area contributed by atoms with Crippen LogP contribution in [0.25, 0.3) is 0 Å². The Balaban J connectivity index is 1.81. The van der Waals surface area contributed by atoms with Gasteiger partial charge in [-0.2, -0.15) is 0 Å². The third kappa shape index (κ3) is 5.98. The first-order valence-electron chi connectivity index (χ1n) is 8.40. The molecule has 0 aromatic heterocycles. The van der Waals surface area contributed by atoms with E-state index in [1.54, 1.807) is 11.8 Å². The minimum absolute atomic E-state index is 0.0693. The van der Waals surface area contributed by atoms with Gasteiger partial charge in [-0.25, -0.2) is 0 Å². The Morgan fingerprint density at radius 2 is 1.92 bits per heavy atom. The zero-order valence-electron chi connectivity index (χ0n) is 14.8. The second-order valence-electron chi connectivity index (χ2n) is 5.81. The molecule has 3 nitrogen and oxygen atoms in total.